The topological polar surface area (TPSA) is 350 Å². The van der Waals surface area contributed by atoms with Crippen molar-refractivity contribution in [2.75, 3.05) is 78.5 Å². The van der Waals surface area contributed by atoms with E-state index in [1.54, 1.807) is 30.3 Å². The van der Waals surface area contributed by atoms with Crippen molar-refractivity contribution in [1.82, 2.24) is 62.1 Å². The van der Waals surface area contributed by atoms with Crippen molar-refractivity contribution in [2.45, 2.75) is 152 Å². The van der Waals surface area contributed by atoms with Gasteiger partial charge in [0.15, 0.2) is 0 Å². The molecule has 0 unspecified atom stereocenters. The smallest absolute Gasteiger partial charge is 0.251 e. The second kappa shape index (κ2) is 53.1. The fraction of sp³-hybridized carbons (Fsp3) is 0.333. The van der Waals surface area contributed by atoms with Gasteiger partial charge in [-0.3, -0.25) is 38.4 Å². The van der Waals surface area contributed by atoms with E-state index in [-0.39, 0.29) is 95.6 Å². The van der Waals surface area contributed by atoms with Crippen LogP contribution in [0.25, 0.3) is 43.1 Å². The Morgan fingerprint density at radius 2 is 0.590 bits per heavy atom. The van der Waals surface area contributed by atoms with Gasteiger partial charge in [0, 0.05) is 140 Å². The normalized spacial score (nSPS) is 18.5. The Balaban J connectivity index is 0.000000156. The molecule has 139 heavy (non-hydrogen) atoms. The minimum absolute atomic E-state index is 0.0119. The molecular formula is C108H121Cl7N16O8. The quantitative estimate of drug-likeness (QED) is 0.0186. The SMILES string of the molecule is NCCC[C@@H]1N[C@H](CNC(=O)c2ccc3ccccc3c2)CCN(Cc2ccc(Cl)c(Cl)c2)C1=O.NCCC[C@@H]1N[C@H](CNC(=O)c2ccc3ccccc3c2)CCN(Cc2ccc(Cl)cc2Cl)C1=O.NCCC[C@@H]1N[C@H](CNC(=O)c2ccc3ccccc3c2)CCN(Cc2cccc(Cl)c2Cl)C1=O.NCCC[C@@H]1N[C@H](CNC(=O)c2ccc3ccccc3c2)CCN(Cc2ccccc2Cl)C1=O. The summed E-state index contributed by atoms with van der Waals surface area (Å²) in [5.41, 5.74) is 28.9. The molecule has 4 heterocycles. The summed E-state index contributed by atoms with van der Waals surface area (Å²) in [6.07, 6.45) is 8.35. The van der Waals surface area contributed by atoms with Gasteiger partial charge < -0.3 is 85.1 Å². The number of amides is 8. The van der Waals surface area contributed by atoms with Gasteiger partial charge in [0.2, 0.25) is 23.6 Å². The van der Waals surface area contributed by atoms with E-state index in [9.17, 15) is 38.4 Å². The molecule has 0 bridgehead atoms. The predicted molar refractivity (Wildman–Crippen MR) is 562 cm³/mol. The molecular weight excluding hydrogens is 1900 g/mol. The maximum absolute atomic E-state index is 13.3. The number of fused-ring (bicyclic) bond motifs is 4. The number of nitrogens with zero attached hydrogens (tertiary/aromatic N) is 4. The monoisotopic (exact) mass is 2010 g/mol. The lowest BCUT2D eigenvalue weighted by atomic mass is 10.1. The maximum atomic E-state index is 13.3. The molecule has 0 aliphatic carbocycles. The Bertz CT molecular complexity index is 6240. The van der Waals surface area contributed by atoms with Gasteiger partial charge in [-0.15, -0.1) is 0 Å². The Kier molecular flexibility index (Phi) is 40.3. The van der Waals surface area contributed by atoms with Gasteiger partial charge in [0.25, 0.3) is 23.6 Å². The first-order valence-corrected chi connectivity index (χ1v) is 50.2. The highest BCUT2D eigenvalue weighted by Crippen LogP contribution is 2.32. The Labute approximate surface area is 847 Å². The third-order valence-electron chi connectivity index (χ3n) is 25.5. The van der Waals surface area contributed by atoms with Crippen LogP contribution in [0.5, 0.6) is 0 Å². The lowest BCUT2D eigenvalue weighted by Gasteiger charge is -2.25. The summed E-state index contributed by atoms with van der Waals surface area (Å²) in [4.78, 5) is 112. The van der Waals surface area contributed by atoms with Gasteiger partial charge in [0.1, 0.15) is 0 Å². The van der Waals surface area contributed by atoms with Crippen LogP contribution in [0, 0.1) is 0 Å². The molecule has 4 fully saturated rings. The first kappa shape index (κ1) is 105. The fourth-order valence-corrected chi connectivity index (χ4v) is 19.1. The summed E-state index contributed by atoms with van der Waals surface area (Å²) in [5, 5.41) is 38.2. The van der Waals surface area contributed by atoms with Crippen LogP contribution in [0.4, 0.5) is 0 Å². The molecule has 12 aromatic rings. The van der Waals surface area contributed by atoms with Crippen LogP contribution in [0.15, 0.2) is 249 Å². The van der Waals surface area contributed by atoms with E-state index in [1.807, 2.05) is 238 Å². The minimum Gasteiger partial charge on any atom is -0.350 e. The van der Waals surface area contributed by atoms with Crippen molar-refractivity contribution >= 4 is 172 Å². The molecule has 16 rings (SSSR count). The second-order valence-corrected chi connectivity index (χ2v) is 38.3. The first-order valence-electron chi connectivity index (χ1n) is 47.5. The average Bonchev–Trinajstić information content (AvgIpc) is 1.60. The zero-order valence-electron chi connectivity index (χ0n) is 77.6. The molecule has 8 atom stereocenters. The number of rotatable bonds is 32. The van der Waals surface area contributed by atoms with Gasteiger partial charge in [-0.1, -0.05) is 245 Å². The van der Waals surface area contributed by atoms with E-state index in [4.69, 9.17) is 104 Å². The zero-order chi connectivity index (χ0) is 98.3. The number of hydrogen-bond donors (Lipinski definition) is 12. The van der Waals surface area contributed by atoms with Crippen LogP contribution in [0.2, 0.25) is 35.2 Å². The molecule has 24 nitrogen and oxygen atoms in total. The van der Waals surface area contributed by atoms with E-state index >= 15 is 0 Å². The standard InChI is InChI=1S/3C27H30Cl2N4O2.C27H31ClN4O2/c28-23-8-3-7-21(25(23)29)17-33-14-12-22(32-24(27(33)35)9-4-13-30)16-31-26(34)20-11-10-18-5-1-2-6-19(18)15-20;28-23-10-7-18(14-24(23)29)17-33-13-11-22(32-25(27(33)35)6-3-12-30)16-31-26(34)21-9-8-19-4-1-2-5-20(19)15-21;28-22-10-9-21(24(29)15-22)17-33-13-11-23(32-25(27(33)35)6-3-12-30)16-31-26(34)20-8-7-18-4-1-2-5-19(18)14-20;28-24-9-4-3-8-22(24)18-32-15-13-23(31-25(27(32)34)10-5-14-29)17-30-26(33)21-12-11-19-6-1-2-7-20(19)16-21/h1-3,5-8,10-11,15,22,24,32H,4,9,12-14,16-17,30H2,(H,31,34);1-2,4-5,7-10,14-15,22,25,32H,3,6,11-13,16-17,30H2,(H,31,34);1-2,4-5,7-10,14-15,23,25,32H,3,6,11-13,16-17,30H2,(H,31,34);1-4,6-9,11-12,16,23,25,31H,5,10,13-15,17-18,29H2,(H,30,33)/t22-,24-;22-,25-;2*23-,25-/m0000/s1. The fourth-order valence-electron chi connectivity index (χ4n) is 17.7. The van der Waals surface area contributed by atoms with Crippen LogP contribution in [0.1, 0.15) is 141 Å². The van der Waals surface area contributed by atoms with Gasteiger partial charge in [0.05, 0.1) is 44.3 Å². The second-order valence-electron chi connectivity index (χ2n) is 35.5. The number of carbonyl (C=O) groups excluding carboxylic acids is 8. The summed E-state index contributed by atoms with van der Waals surface area (Å²) in [6.45, 7) is 7.75. The zero-order valence-corrected chi connectivity index (χ0v) is 82.9. The molecule has 0 saturated carbocycles. The summed E-state index contributed by atoms with van der Waals surface area (Å²) in [5.74, 6) is -0.380. The molecule has 16 N–H and O–H groups in total. The molecule has 12 aromatic carbocycles. The van der Waals surface area contributed by atoms with Gasteiger partial charge in [-0.25, -0.2) is 0 Å². The third kappa shape index (κ3) is 30.4. The molecule has 0 aromatic heterocycles. The predicted octanol–water partition coefficient (Wildman–Crippen LogP) is 16.8. The van der Waals surface area contributed by atoms with E-state index < -0.39 is 0 Å². The van der Waals surface area contributed by atoms with Crippen molar-refractivity contribution in [2.24, 2.45) is 22.9 Å². The molecule has 4 aliphatic heterocycles. The van der Waals surface area contributed by atoms with Gasteiger partial charge in [-0.2, -0.15) is 0 Å². The first-order chi connectivity index (χ1) is 67.4. The van der Waals surface area contributed by atoms with Crippen molar-refractivity contribution in [1.29, 1.82) is 0 Å². The number of benzene rings is 12. The molecule has 31 heteroatoms. The average molecular weight is 2020 g/mol. The lowest BCUT2D eigenvalue weighted by molar-refractivity contribution is -0.134. The highest BCUT2D eigenvalue weighted by Gasteiger charge is 2.37. The number of nitrogens with two attached hydrogens (primary N) is 4. The molecule has 0 radical (unpaired) electrons. The van der Waals surface area contributed by atoms with E-state index in [0.29, 0.717) is 207 Å². The summed E-state index contributed by atoms with van der Waals surface area (Å²) in [7, 11) is 0. The largest absolute Gasteiger partial charge is 0.350 e. The van der Waals surface area contributed by atoms with E-state index in [2.05, 4.69) is 42.5 Å². The lowest BCUT2D eigenvalue weighted by Crippen LogP contribution is -2.48. The molecule has 0 spiro atoms. The van der Waals surface area contributed by atoms with Crippen molar-refractivity contribution in [3.63, 3.8) is 0 Å². The van der Waals surface area contributed by atoms with Gasteiger partial charge >= 0.3 is 0 Å². The number of hydrogen-bond acceptors (Lipinski definition) is 16. The summed E-state index contributed by atoms with van der Waals surface area (Å²) >= 11 is 43.5. The Morgan fingerprint density at radius 3 is 0.921 bits per heavy atom. The van der Waals surface area contributed by atoms with Crippen molar-refractivity contribution in [3.8, 4) is 0 Å². The number of carbonyl (C=O) groups is 8. The van der Waals surface area contributed by atoms with Gasteiger partial charge in [-0.05, 0) is 254 Å². The van der Waals surface area contributed by atoms with Crippen LogP contribution >= 0.6 is 81.2 Å². The van der Waals surface area contributed by atoms with Crippen LogP contribution in [0.3, 0.4) is 0 Å². The minimum atomic E-state index is -0.374. The third-order valence-corrected chi connectivity index (χ3v) is 28.0. The van der Waals surface area contributed by atoms with Crippen LogP contribution < -0.4 is 65.5 Å². The number of nitrogens with one attached hydrogen (secondary N) is 8. The molecule has 4 saturated heterocycles. The molecule has 8 amide bonds. The molecule has 730 valence electrons. The van der Waals surface area contributed by atoms with E-state index in [0.717, 1.165) is 97.4 Å². The highest BCUT2D eigenvalue weighted by atomic mass is 35.5. The number of halogens is 7. The molecule has 4 aliphatic rings. The van der Waals surface area contributed by atoms with E-state index in [1.165, 1.54) is 0 Å². The summed E-state index contributed by atoms with van der Waals surface area (Å²) < 4.78 is 0. The van der Waals surface area contributed by atoms with Crippen molar-refractivity contribution < 1.29 is 38.4 Å². The van der Waals surface area contributed by atoms with Crippen molar-refractivity contribution in [3.05, 3.63) is 328 Å². The highest BCUT2D eigenvalue weighted by molar-refractivity contribution is 6.43. The Hall–Kier alpha value is -10.9. The van der Waals surface area contributed by atoms with Crippen LogP contribution in [-0.2, 0) is 45.4 Å². The van der Waals surface area contributed by atoms with Crippen LogP contribution in [-0.4, -0.2) is 194 Å². The Morgan fingerprint density at radius 1 is 0.288 bits per heavy atom. The summed E-state index contributed by atoms with van der Waals surface area (Å²) in [6, 6.07) is 76.8. The maximum Gasteiger partial charge on any atom is 0.251 e.